The lowest BCUT2D eigenvalue weighted by atomic mass is 10.2. The molecular weight excluding hydrogens is 555 g/mol. The first-order valence-electron chi connectivity index (χ1n) is 14.6. The van der Waals surface area contributed by atoms with Gasteiger partial charge in [0.15, 0.2) is 42.0 Å². The number of nitrogens with zero attached hydrogens (tertiary/aromatic N) is 3. The summed E-state index contributed by atoms with van der Waals surface area (Å²) in [5.74, 6) is 0.482. The van der Waals surface area contributed by atoms with Crippen LogP contribution in [-0.4, -0.2) is 63.2 Å². The Bertz CT molecular complexity index is 1250. The second-order valence-corrected chi connectivity index (χ2v) is 30.7. The van der Waals surface area contributed by atoms with Gasteiger partial charge in [0.25, 0.3) is 5.56 Å². The second kappa shape index (κ2) is 10.7. The van der Waals surface area contributed by atoms with Crippen LogP contribution in [-0.2, 0) is 13.6 Å². The fourth-order valence-electron chi connectivity index (χ4n) is 3.89. The van der Waals surface area contributed by atoms with E-state index >= 15 is 0 Å². The third-order valence-electron chi connectivity index (χ3n) is 9.90. The molecule has 1 fully saturated rings. The number of rotatable bonds is 8. The van der Waals surface area contributed by atoms with Gasteiger partial charge in [-0.1, -0.05) is 75.4 Å². The van der Waals surface area contributed by atoms with E-state index in [2.05, 4.69) is 117 Å². The van der Waals surface area contributed by atoms with Crippen molar-refractivity contribution in [2.45, 2.75) is 142 Å². The third kappa shape index (κ3) is 6.83. The Morgan fingerprint density at radius 2 is 1.55 bits per heavy atom. The SMILES string of the molecule is CC(C)(C)[Si](C)(C)Nc1nc2c(ncn2[C@H]2C[C@H](O[Si](C)(C)C(C)(C)C)[C@@H](CO[Si](C)(C)C(C)(C)C)O2)c(=O)[nH]1. The number of nitrogens with one attached hydrogen (secondary N) is 2. The molecule has 0 saturated carbocycles. The molecule has 3 rings (SSSR count). The van der Waals surface area contributed by atoms with Gasteiger partial charge in [0.2, 0.25) is 0 Å². The number of anilines is 1. The van der Waals surface area contributed by atoms with E-state index < -0.39 is 24.9 Å². The first kappa shape index (κ1) is 33.2. The molecule has 1 aliphatic heterocycles. The van der Waals surface area contributed by atoms with Gasteiger partial charge in [0.1, 0.15) is 12.3 Å². The van der Waals surface area contributed by atoms with Gasteiger partial charge in [-0.2, -0.15) is 4.98 Å². The highest BCUT2D eigenvalue weighted by Crippen LogP contribution is 2.43. The minimum absolute atomic E-state index is 0.0663. The molecule has 3 atom stereocenters. The van der Waals surface area contributed by atoms with Crippen molar-refractivity contribution in [3.8, 4) is 0 Å². The van der Waals surface area contributed by atoms with E-state index in [1.165, 1.54) is 0 Å². The Morgan fingerprint density at radius 1 is 0.975 bits per heavy atom. The maximum absolute atomic E-state index is 13.0. The minimum atomic E-state index is -2.08. The topological polar surface area (TPSA) is 103 Å². The molecule has 2 N–H and O–H groups in total. The van der Waals surface area contributed by atoms with Crippen LogP contribution in [0.25, 0.3) is 11.2 Å². The average Bonchev–Trinajstić information content (AvgIpc) is 3.33. The van der Waals surface area contributed by atoms with E-state index in [0.717, 1.165) is 0 Å². The molecular formula is C28H55N5O4Si3. The van der Waals surface area contributed by atoms with Crippen LogP contribution in [0.15, 0.2) is 11.1 Å². The third-order valence-corrected chi connectivity index (χ3v) is 23.5. The van der Waals surface area contributed by atoms with Crippen molar-refractivity contribution in [3.63, 3.8) is 0 Å². The molecule has 228 valence electrons. The zero-order valence-corrected chi connectivity index (χ0v) is 30.7. The molecule has 0 unspecified atom stereocenters. The van der Waals surface area contributed by atoms with E-state index in [0.29, 0.717) is 30.1 Å². The van der Waals surface area contributed by atoms with E-state index in [1.807, 2.05) is 4.57 Å². The van der Waals surface area contributed by atoms with Crippen molar-refractivity contribution in [3.05, 3.63) is 16.7 Å². The number of aromatic nitrogens is 4. The Morgan fingerprint density at radius 3 is 2.08 bits per heavy atom. The predicted molar refractivity (Wildman–Crippen MR) is 173 cm³/mol. The van der Waals surface area contributed by atoms with Crippen LogP contribution < -0.4 is 10.5 Å². The molecule has 0 aromatic carbocycles. The molecule has 0 spiro atoms. The first-order chi connectivity index (χ1) is 17.9. The molecule has 12 heteroatoms. The summed E-state index contributed by atoms with van der Waals surface area (Å²) in [6.45, 7) is 34.2. The standard InChI is InChI=1S/C28H55N5O4Si3/c1-26(2,3)38(10,11)32-25-30-23-22(24(34)31-25)29-18-33(23)21-16-19(37-40(14,15)28(7,8)9)20(36-21)17-35-39(12,13)27(4,5)6/h18-21H,16-17H2,1-15H3,(H2,30,31,32,34)/t19-,20+,21+/m0/s1. The number of aromatic amines is 1. The second-order valence-electron chi connectivity index (χ2n) is 16.1. The molecule has 1 aliphatic rings. The van der Waals surface area contributed by atoms with Crippen molar-refractivity contribution in [2.24, 2.45) is 0 Å². The van der Waals surface area contributed by atoms with Gasteiger partial charge >= 0.3 is 0 Å². The van der Waals surface area contributed by atoms with Crippen LogP contribution in [0.1, 0.15) is 75.0 Å². The van der Waals surface area contributed by atoms with Crippen LogP contribution >= 0.6 is 0 Å². The summed E-state index contributed by atoms with van der Waals surface area (Å²) in [6, 6.07) is 0. The van der Waals surface area contributed by atoms with Crippen molar-refractivity contribution in [1.29, 1.82) is 0 Å². The van der Waals surface area contributed by atoms with Gasteiger partial charge in [-0.05, 0) is 41.3 Å². The van der Waals surface area contributed by atoms with Crippen LogP contribution in [0, 0.1) is 0 Å². The molecule has 40 heavy (non-hydrogen) atoms. The fourth-order valence-corrected chi connectivity index (χ4v) is 7.34. The summed E-state index contributed by atoms with van der Waals surface area (Å²) in [6.07, 6.45) is 1.61. The summed E-state index contributed by atoms with van der Waals surface area (Å²) in [5, 5.41) is 0.234. The van der Waals surface area contributed by atoms with Gasteiger partial charge in [0.05, 0.1) is 19.0 Å². The predicted octanol–water partition coefficient (Wildman–Crippen LogP) is 7.24. The number of fused-ring (bicyclic) bond motifs is 1. The van der Waals surface area contributed by atoms with Crippen LogP contribution in [0.2, 0.25) is 54.4 Å². The average molecular weight is 610 g/mol. The van der Waals surface area contributed by atoms with E-state index in [1.54, 1.807) is 6.33 Å². The number of hydrogen-bond acceptors (Lipinski definition) is 7. The van der Waals surface area contributed by atoms with Crippen LogP contribution in [0.5, 0.6) is 0 Å². The van der Waals surface area contributed by atoms with E-state index in [-0.39, 0.29) is 39.1 Å². The van der Waals surface area contributed by atoms with Gasteiger partial charge < -0.3 is 18.6 Å². The Kier molecular flexibility index (Phi) is 8.92. The molecule has 0 amide bonds. The number of imidazole rings is 1. The minimum Gasteiger partial charge on any atom is -0.414 e. The highest BCUT2D eigenvalue weighted by Gasteiger charge is 2.47. The maximum Gasteiger partial charge on any atom is 0.280 e. The van der Waals surface area contributed by atoms with Crippen molar-refractivity contribution in [2.75, 3.05) is 11.6 Å². The summed E-state index contributed by atoms with van der Waals surface area (Å²) in [4.78, 5) is 28.8. The molecule has 3 heterocycles. The Hall–Kier alpha value is -1.32. The largest absolute Gasteiger partial charge is 0.414 e. The Labute approximate surface area is 244 Å². The summed E-state index contributed by atoms with van der Waals surface area (Å²) in [7, 11) is -6.03. The van der Waals surface area contributed by atoms with Crippen molar-refractivity contribution < 1.29 is 13.6 Å². The van der Waals surface area contributed by atoms with Crippen LogP contribution in [0.4, 0.5) is 5.95 Å². The zero-order valence-electron chi connectivity index (χ0n) is 27.7. The monoisotopic (exact) mass is 609 g/mol. The zero-order chi connectivity index (χ0) is 30.7. The summed E-state index contributed by atoms with van der Waals surface area (Å²) in [5.41, 5.74) is 0.578. The number of H-pyrrole nitrogens is 1. The highest BCUT2D eigenvalue weighted by atomic mass is 28.4. The fraction of sp³-hybridized carbons (Fsp3) is 0.821. The van der Waals surface area contributed by atoms with Crippen molar-refractivity contribution >= 4 is 42.0 Å². The summed E-state index contributed by atoms with van der Waals surface area (Å²) < 4.78 is 22.2. The molecule has 0 bridgehead atoms. The number of ether oxygens (including phenoxy) is 1. The molecule has 1 saturated heterocycles. The molecule has 2 aromatic heterocycles. The molecule has 0 radical (unpaired) electrons. The smallest absolute Gasteiger partial charge is 0.280 e. The van der Waals surface area contributed by atoms with Gasteiger partial charge in [-0.25, -0.2) is 4.98 Å². The lowest BCUT2D eigenvalue weighted by Crippen LogP contribution is -2.48. The van der Waals surface area contributed by atoms with Crippen LogP contribution in [0.3, 0.4) is 0 Å². The lowest BCUT2D eigenvalue weighted by Gasteiger charge is -2.40. The lowest BCUT2D eigenvalue weighted by molar-refractivity contribution is -0.0383. The number of hydrogen-bond donors (Lipinski definition) is 2. The quantitative estimate of drug-likeness (QED) is 0.304. The van der Waals surface area contributed by atoms with E-state index in [4.69, 9.17) is 18.6 Å². The van der Waals surface area contributed by atoms with Gasteiger partial charge in [-0.3, -0.25) is 14.3 Å². The van der Waals surface area contributed by atoms with Crippen molar-refractivity contribution in [1.82, 2.24) is 19.5 Å². The Balaban J connectivity index is 1.97. The first-order valence-corrected chi connectivity index (χ1v) is 23.4. The normalized spacial score (nSPS) is 21.8. The summed E-state index contributed by atoms with van der Waals surface area (Å²) >= 11 is 0. The molecule has 0 aliphatic carbocycles. The molecule has 2 aromatic rings. The maximum atomic E-state index is 13.0. The van der Waals surface area contributed by atoms with Gasteiger partial charge in [-0.15, -0.1) is 0 Å². The highest BCUT2D eigenvalue weighted by molar-refractivity contribution is 6.82. The molecule has 9 nitrogen and oxygen atoms in total. The van der Waals surface area contributed by atoms with Gasteiger partial charge in [0, 0.05) is 6.42 Å². The van der Waals surface area contributed by atoms with E-state index in [9.17, 15) is 4.79 Å².